The van der Waals surface area contributed by atoms with Gasteiger partial charge in [-0.15, -0.1) is 11.6 Å². The summed E-state index contributed by atoms with van der Waals surface area (Å²) in [5.74, 6) is 1.33. The van der Waals surface area contributed by atoms with E-state index in [1.54, 1.807) is 6.07 Å². The maximum atomic E-state index is 13.5. The highest BCUT2D eigenvalue weighted by Gasteiger charge is 2.19. The lowest BCUT2D eigenvalue weighted by atomic mass is 9.95. The molecular formula is C14H19ClFN. The molecule has 3 heteroatoms. The Morgan fingerprint density at radius 2 is 2.18 bits per heavy atom. The van der Waals surface area contributed by atoms with Crippen LogP contribution in [0.15, 0.2) is 24.3 Å². The molecule has 2 rings (SSSR count). The van der Waals surface area contributed by atoms with E-state index in [4.69, 9.17) is 11.6 Å². The molecule has 94 valence electrons. The van der Waals surface area contributed by atoms with Gasteiger partial charge in [0.2, 0.25) is 0 Å². The maximum Gasteiger partial charge on any atom is 0.127 e. The third-order valence-corrected chi connectivity index (χ3v) is 3.69. The van der Waals surface area contributed by atoms with E-state index in [2.05, 4.69) is 4.90 Å². The molecule has 0 aliphatic carbocycles. The molecule has 1 aromatic rings. The van der Waals surface area contributed by atoms with Gasteiger partial charge in [-0.1, -0.05) is 18.2 Å². The van der Waals surface area contributed by atoms with Gasteiger partial charge in [0.25, 0.3) is 0 Å². The van der Waals surface area contributed by atoms with E-state index >= 15 is 0 Å². The zero-order valence-corrected chi connectivity index (χ0v) is 10.8. The average molecular weight is 256 g/mol. The monoisotopic (exact) mass is 255 g/mol. The lowest BCUT2D eigenvalue weighted by Gasteiger charge is -2.32. The average Bonchev–Trinajstić information content (AvgIpc) is 2.33. The van der Waals surface area contributed by atoms with E-state index in [0.29, 0.717) is 5.92 Å². The molecule has 1 aliphatic heterocycles. The minimum absolute atomic E-state index is 0.0908. The van der Waals surface area contributed by atoms with Gasteiger partial charge in [-0.2, -0.15) is 0 Å². The summed E-state index contributed by atoms with van der Waals surface area (Å²) in [5.41, 5.74) is 0.805. The molecule has 1 aliphatic rings. The van der Waals surface area contributed by atoms with E-state index in [-0.39, 0.29) is 5.82 Å². The summed E-state index contributed by atoms with van der Waals surface area (Å²) in [6.45, 7) is 2.86. The van der Waals surface area contributed by atoms with Crippen molar-refractivity contribution < 1.29 is 4.39 Å². The van der Waals surface area contributed by atoms with Crippen molar-refractivity contribution in [3.05, 3.63) is 35.6 Å². The molecular weight excluding hydrogens is 237 g/mol. The summed E-state index contributed by atoms with van der Waals surface area (Å²) in [6, 6.07) is 7.06. The molecule has 1 atom stereocenters. The van der Waals surface area contributed by atoms with Crippen LogP contribution in [0.5, 0.6) is 0 Å². The molecule has 17 heavy (non-hydrogen) atoms. The first-order chi connectivity index (χ1) is 8.29. The number of alkyl halides is 1. The van der Waals surface area contributed by atoms with Gasteiger partial charge in [-0.3, -0.25) is 4.90 Å². The highest BCUT2D eigenvalue weighted by molar-refractivity contribution is 6.17. The first kappa shape index (κ1) is 12.8. The second-order valence-corrected chi connectivity index (χ2v) is 5.19. The van der Waals surface area contributed by atoms with Crippen molar-refractivity contribution >= 4 is 11.6 Å². The van der Waals surface area contributed by atoms with Crippen LogP contribution in [0.1, 0.15) is 24.8 Å². The Bertz CT molecular complexity index is 354. The van der Waals surface area contributed by atoms with Gasteiger partial charge in [0, 0.05) is 24.5 Å². The fraction of sp³-hybridized carbons (Fsp3) is 0.571. The second kappa shape index (κ2) is 6.36. The lowest BCUT2D eigenvalue weighted by Crippen LogP contribution is -2.35. The first-order valence-corrected chi connectivity index (χ1v) is 6.85. The van der Waals surface area contributed by atoms with Crippen LogP contribution in [0.2, 0.25) is 0 Å². The van der Waals surface area contributed by atoms with Gasteiger partial charge in [0.1, 0.15) is 5.82 Å². The molecule has 0 bridgehead atoms. The molecule has 1 unspecified atom stereocenters. The van der Waals surface area contributed by atoms with Crippen LogP contribution < -0.4 is 0 Å². The number of halogens is 2. The number of hydrogen-bond donors (Lipinski definition) is 0. The molecule has 1 heterocycles. The van der Waals surface area contributed by atoms with Crippen molar-refractivity contribution in [1.29, 1.82) is 0 Å². The lowest BCUT2D eigenvalue weighted by molar-refractivity contribution is 0.163. The second-order valence-electron chi connectivity index (χ2n) is 4.81. The molecule has 0 radical (unpaired) electrons. The highest BCUT2D eigenvalue weighted by atomic mass is 35.5. The summed E-state index contributed by atoms with van der Waals surface area (Å²) in [6.07, 6.45) is 3.55. The normalized spacial score (nSPS) is 21.6. The number of nitrogens with zero attached hydrogens (tertiary/aromatic N) is 1. The van der Waals surface area contributed by atoms with E-state index in [0.717, 1.165) is 37.5 Å². The van der Waals surface area contributed by atoms with E-state index in [1.165, 1.54) is 18.9 Å². The van der Waals surface area contributed by atoms with Crippen LogP contribution in [0.4, 0.5) is 4.39 Å². The standard InChI is InChI=1S/C14H19ClFN/c15-8-7-12-4-3-9-17(10-12)11-13-5-1-2-6-14(13)16/h1-2,5-6,12H,3-4,7-11H2. The SMILES string of the molecule is Fc1ccccc1CN1CCCC(CCCl)C1. The van der Waals surface area contributed by atoms with Crippen LogP contribution in [0, 0.1) is 11.7 Å². The minimum Gasteiger partial charge on any atom is -0.299 e. The van der Waals surface area contributed by atoms with Crippen LogP contribution in [-0.2, 0) is 6.54 Å². The number of rotatable bonds is 4. The van der Waals surface area contributed by atoms with Gasteiger partial charge in [-0.25, -0.2) is 4.39 Å². The summed E-state index contributed by atoms with van der Waals surface area (Å²) in [7, 11) is 0. The molecule has 0 amide bonds. The van der Waals surface area contributed by atoms with Gasteiger partial charge >= 0.3 is 0 Å². The van der Waals surface area contributed by atoms with Crippen molar-refractivity contribution in [2.45, 2.75) is 25.8 Å². The van der Waals surface area contributed by atoms with Crippen molar-refractivity contribution in [3.8, 4) is 0 Å². The quantitative estimate of drug-likeness (QED) is 0.742. The van der Waals surface area contributed by atoms with Crippen LogP contribution >= 0.6 is 11.6 Å². The predicted molar refractivity (Wildman–Crippen MR) is 69.7 cm³/mol. The summed E-state index contributed by atoms with van der Waals surface area (Å²) < 4.78 is 13.5. The number of hydrogen-bond acceptors (Lipinski definition) is 1. The fourth-order valence-corrected chi connectivity index (χ4v) is 2.86. The van der Waals surface area contributed by atoms with E-state index < -0.39 is 0 Å². The summed E-state index contributed by atoms with van der Waals surface area (Å²) in [4.78, 5) is 2.35. The topological polar surface area (TPSA) is 3.24 Å². The van der Waals surface area contributed by atoms with Crippen molar-refractivity contribution in [3.63, 3.8) is 0 Å². The maximum absolute atomic E-state index is 13.5. The Balaban J connectivity index is 1.92. The van der Waals surface area contributed by atoms with Crippen molar-refractivity contribution in [2.75, 3.05) is 19.0 Å². The fourth-order valence-electron chi connectivity index (χ4n) is 2.55. The van der Waals surface area contributed by atoms with Gasteiger partial charge in [0.15, 0.2) is 0 Å². The van der Waals surface area contributed by atoms with Crippen molar-refractivity contribution in [1.82, 2.24) is 4.90 Å². The Kier molecular flexibility index (Phi) is 4.81. The van der Waals surface area contributed by atoms with Crippen LogP contribution in [0.25, 0.3) is 0 Å². The number of piperidine rings is 1. The molecule has 1 fully saturated rings. The molecule has 1 nitrogen and oxygen atoms in total. The van der Waals surface area contributed by atoms with Gasteiger partial charge < -0.3 is 0 Å². The summed E-state index contributed by atoms with van der Waals surface area (Å²) in [5, 5.41) is 0. The molecule has 0 N–H and O–H groups in total. The Morgan fingerprint density at radius 3 is 2.94 bits per heavy atom. The largest absolute Gasteiger partial charge is 0.299 e. The third-order valence-electron chi connectivity index (χ3n) is 3.47. The highest BCUT2D eigenvalue weighted by Crippen LogP contribution is 2.22. The molecule has 1 aromatic carbocycles. The zero-order chi connectivity index (χ0) is 12.1. The number of benzene rings is 1. The van der Waals surface area contributed by atoms with Crippen LogP contribution in [0.3, 0.4) is 0 Å². The predicted octanol–water partition coefficient (Wildman–Crippen LogP) is 3.67. The molecule has 1 saturated heterocycles. The van der Waals surface area contributed by atoms with Gasteiger partial charge in [0.05, 0.1) is 0 Å². The van der Waals surface area contributed by atoms with E-state index in [1.807, 2.05) is 12.1 Å². The minimum atomic E-state index is -0.0908. The molecule has 0 aromatic heterocycles. The van der Waals surface area contributed by atoms with Crippen molar-refractivity contribution in [2.24, 2.45) is 5.92 Å². The Labute approximate surface area is 108 Å². The zero-order valence-electron chi connectivity index (χ0n) is 10.0. The Morgan fingerprint density at radius 1 is 1.35 bits per heavy atom. The summed E-state index contributed by atoms with van der Waals surface area (Å²) >= 11 is 5.79. The first-order valence-electron chi connectivity index (χ1n) is 6.31. The number of likely N-dealkylation sites (tertiary alicyclic amines) is 1. The van der Waals surface area contributed by atoms with Gasteiger partial charge in [-0.05, 0) is 37.8 Å². The molecule has 0 saturated carbocycles. The van der Waals surface area contributed by atoms with Crippen LogP contribution in [-0.4, -0.2) is 23.9 Å². The molecule has 0 spiro atoms. The Hall–Kier alpha value is -0.600. The third kappa shape index (κ3) is 3.68. The van der Waals surface area contributed by atoms with E-state index in [9.17, 15) is 4.39 Å². The smallest absolute Gasteiger partial charge is 0.127 e.